The molecule has 5 amide bonds. The van der Waals surface area contributed by atoms with E-state index in [0.29, 0.717) is 51.6 Å². The van der Waals surface area contributed by atoms with Crippen molar-refractivity contribution >= 4 is 39.4 Å². The Labute approximate surface area is 287 Å². The average molecular weight is 694 g/mol. The first-order valence-corrected chi connectivity index (χ1v) is 20.1. The fourth-order valence-electron chi connectivity index (χ4n) is 8.70. The maximum Gasteiger partial charge on any atom is 0.315 e. The third-order valence-electron chi connectivity index (χ3n) is 11.2. The van der Waals surface area contributed by atoms with E-state index in [1.165, 1.54) is 0 Å². The van der Waals surface area contributed by atoms with Crippen LogP contribution in [0.1, 0.15) is 125 Å². The maximum absolute atomic E-state index is 14.5. The molecular formula is C35H59N5O7S. The highest BCUT2D eigenvalue weighted by Gasteiger charge is 2.53. The minimum atomic E-state index is -3.38. The van der Waals surface area contributed by atoms with Crippen LogP contribution in [0.15, 0.2) is 0 Å². The molecule has 2 aliphatic heterocycles. The molecule has 2 saturated heterocycles. The Morgan fingerprint density at radius 2 is 1.60 bits per heavy atom. The lowest BCUT2D eigenvalue weighted by atomic mass is 9.77. The standard InChI is InChI=1S/C35H59N5O7S/c1-6-8-17-25(28(41)31(43)36-7-2)37-30(42)27-24-16-14-15-23(24)22-40(27)32(44)29(34(3,4)5)38-33(45)39-35(19-11-9-12-20-35)26-18-10-13-21-48(26,46)47/h23-27,29H,6-22H2,1-5H3,(H,36,43)(H,37,42)(H2,38,39,45)/t23-,24-,25-,26+,27-,29+/m0/s1. The van der Waals surface area contributed by atoms with Gasteiger partial charge in [-0.05, 0) is 69.1 Å². The number of rotatable bonds is 12. The Morgan fingerprint density at radius 1 is 0.896 bits per heavy atom. The minimum Gasteiger partial charge on any atom is -0.350 e. The highest BCUT2D eigenvalue weighted by atomic mass is 32.2. The van der Waals surface area contributed by atoms with Crippen molar-refractivity contribution < 1.29 is 32.4 Å². The van der Waals surface area contributed by atoms with Crippen LogP contribution in [0, 0.1) is 17.3 Å². The average Bonchev–Trinajstić information content (AvgIpc) is 3.63. The Hall–Kier alpha value is -2.70. The molecular weight excluding hydrogens is 634 g/mol. The smallest absolute Gasteiger partial charge is 0.315 e. The molecule has 13 heteroatoms. The summed E-state index contributed by atoms with van der Waals surface area (Å²) >= 11 is 0. The fraction of sp³-hybridized carbons (Fsp3) is 0.857. The summed E-state index contributed by atoms with van der Waals surface area (Å²) in [5.41, 5.74) is -1.62. The van der Waals surface area contributed by atoms with Gasteiger partial charge in [0.15, 0.2) is 9.84 Å². The normalized spacial score (nSPS) is 27.6. The number of ketones is 1. The van der Waals surface area contributed by atoms with Crippen LogP contribution in [0.4, 0.5) is 4.79 Å². The van der Waals surface area contributed by atoms with Gasteiger partial charge in [-0.25, -0.2) is 13.2 Å². The van der Waals surface area contributed by atoms with E-state index >= 15 is 0 Å². The highest BCUT2D eigenvalue weighted by molar-refractivity contribution is 7.92. The molecule has 2 saturated carbocycles. The number of fused-ring (bicyclic) bond motifs is 1. The number of carbonyl (C=O) groups excluding carboxylic acids is 5. The lowest BCUT2D eigenvalue weighted by molar-refractivity contribution is -0.144. The molecule has 4 aliphatic rings. The quantitative estimate of drug-likeness (QED) is 0.227. The number of amides is 5. The van der Waals surface area contributed by atoms with E-state index in [0.717, 1.165) is 51.4 Å². The molecule has 0 radical (unpaired) electrons. The van der Waals surface area contributed by atoms with Crippen molar-refractivity contribution in [2.75, 3.05) is 18.8 Å². The molecule has 4 N–H and O–H groups in total. The number of likely N-dealkylation sites (tertiary alicyclic amines) is 1. The van der Waals surface area contributed by atoms with Crippen molar-refractivity contribution in [3.8, 4) is 0 Å². The van der Waals surface area contributed by atoms with Crippen LogP contribution in [0.3, 0.4) is 0 Å². The number of hydrogen-bond donors (Lipinski definition) is 4. The first kappa shape index (κ1) is 38.1. The second-order valence-electron chi connectivity index (χ2n) is 15.7. The Bertz CT molecular complexity index is 1310. The Balaban J connectivity index is 1.56. The molecule has 0 aromatic carbocycles. The van der Waals surface area contributed by atoms with E-state index in [1.807, 2.05) is 27.7 Å². The topological polar surface area (TPSA) is 171 Å². The molecule has 0 aromatic rings. The summed E-state index contributed by atoms with van der Waals surface area (Å²) in [6.45, 7) is 9.92. The SMILES string of the molecule is CCCC[C@H](NC(=O)[C@@H]1[C@H]2CCC[C@H]2CN1C(=O)[C@@H](NC(=O)NC1([C@H]2CCCCS2(=O)=O)CCCCC1)C(C)(C)C)C(=O)C(=O)NCC. The number of Topliss-reactive ketones (excluding diaryl/α,β-unsaturated/α-hetero) is 1. The molecule has 0 aromatic heterocycles. The van der Waals surface area contributed by atoms with Gasteiger partial charge in [0.1, 0.15) is 12.1 Å². The van der Waals surface area contributed by atoms with Crippen molar-refractivity contribution in [1.82, 2.24) is 26.2 Å². The number of urea groups is 1. The lowest BCUT2D eigenvalue weighted by Crippen LogP contribution is -2.66. The molecule has 12 nitrogen and oxygen atoms in total. The molecule has 2 heterocycles. The summed E-state index contributed by atoms with van der Waals surface area (Å²) in [6.07, 6.45) is 10.0. The number of carbonyl (C=O) groups is 5. The zero-order valence-corrected chi connectivity index (χ0v) is 30.5. The second-order valence-corrected chi connectivity index (χ2v) is 18.0. The Morgan fingerprint density at radius 3 is 2.23 bits per heavy atom. The summed E-state index contributed by atoms with van der Waals surface area (Å²) < 4.78 is 26.5. The van der Waals surface area contributed by atoms with Gasteiger partial charge in [-0.2, -0.15) is 0 Å². The van der Waals surface area contributed by atoms with Crippen LogP contribution in [-0.2, 0) is 29.0 Å². The molecule has 48 heavy (non-hydrogen) atoms. The van der Waals surface area contributed by atoms with Gasteiger partial charge in [-0.3, -0.25) is 19.2 Å². The van der Waals surface area contributed by atoms with Crippen LogP contribution < -0.4 is 21.3 Å². The zero-order chi connectivity index (χ0) is 35.3. The Kier molecular flexibility index (Phi) is 12.6. The van der Waals surface area contributed by atoms with Crippen LogP contribution >= 0.6 is 0 Å². The largest absolute Gasteiger partial charge is 0.350 e. The fourth-order valence-corrected chi connectivity index (χ4v) is 11.1. The van der Waals surface area contributed by atoms with E-state index in [9.17, 15) is 32.4 Å². The number of nitrogens with zero attached hydrogens (tertiary/aromatic N) is 1. The molecule has 272 valence electrons. The van der Waals surface area contributed by atoms with Gasteiger partial charge < -0.3 is 26.2 Å². The number of sulfone groups is 1. The van der Waals surface area contributed by atoms with Crippen molar-refractivity contribution in [3.63, 3.8) is 0 Å². The summed E-state index contributed by atoms with van der Waals surface area (Å²) in [7, 11) is -3.38. The molecule has 4 fully saturated rings. The number of nitrogens with one attached hydrogen (secondary N) is 4. The van der Waals surface area contributed by atoms with Crippen molar-refractivity contribution in [3.05, 3.63) is 0 Å². The van der Waals surface area contributed by atoms with Crippen LogP contribution in [0.25, 0.3) is 0 Å². The molecule has 2 aliphatic carbocycles. The van der Waals surface area contributed by atoms with E-state index in [2.05, 4.69) is 21.3 Å². The van der Waals surface area contributed by atoms with Gasteiger partial charge >= 0.3 is 6.03 Å². The molecule has 0 unspecified atom stereocenters. The van der Waals surface area contributed by atoms with Gasteiger partial charge in [-0.15, -0.1) is 0 Å². The van der Waals surface area contributed by atoms with Gasteiger partial charge in [0.2, 0.25) is 17.6 Å². The molecule has 0 bridgehead atoms. The highest BCUT2D eigenvalue weighted by Crippen LogP contribution is 2.43. The van der Waals surface area contributed by atoms with E-state index in [-0.39, 0.29) is 23.5 Å². The van der Waals surface area contributed by atoms with Crippen LogP contribution in [0.2, 0.25) is 0 Å². The van der Waals surface area contributed by atoms with Gasteiger partial charge in [0.05, 0.1) is 22.6 Å². The predicted octanol–water partition coefficient (Wildman–Crippen LogP) is 3.38. The summed E-state index contributed by atoms with van der Waals surface area (Å²) in [4.78, 5) is 69.5. The summed E-state index contributed by atoms with van der Waals surface area (Å²) in [5, 5.41) is 10.8. The first-order chi connectivity index (χ1) is 22.6. The van der Waals surface area contributed by atoms with Gasteiger partial charge in [-0.1, -0.05) is 72.6 Å². The van der Waals surface area contributed by atoms with E-state index in [4.69, 9.17) is 0 Å². The van der Waals surface area contributed by atoms with Gasteiger partial charge in [0.25, 0.3) is 5.91 Å². The third kappa shape index (κ3) is 8.53. The summed E-state index contributed by atoms with van der Waals surface area (Å²) in [5.74, 6) is -2.10. The molecule has 6 atom stereocenters. The predicted molar refractivity (Wildman–Crippen MR) is 184 cm³/mol. The maximum atomic E-state index is 14.5. The number of hydrogen-bond acceptors (Lipinski definition) is 7. The van der Waals surface area contributed by atoms with Crippen molar-refractivity contribution in [2.24, 2.45) is 17.3 Å². The van der Waals surface area contributed by atoms with Crippen LogP contribution in [-0.4, -0.2) is 90.6 Å². The van der Waals surface area contributed by atoms with Gasteiger partial charge in [0, 0.05) is 13.1 Å². The second kappa shape index (κ2) is 15.9. The number of unbranched alkanes of at least 4 members (excludes halogenated alkanes) is 1. The number of likely N-dealkylation sites (N-methyl/N-ethyl adjacent to an activating group) is 1. The first-order valence-electron chi connectivity index (χ1n) is 18.4. The van der Waals surface area contributed by atoms with Crippen molar-refractivity contribution in [2.45, 2.75) is 153 Å². The minimum absolute atomic E-state index is 0.0863. The van der Waals surface area contributed by atoms with E-state index in [1.54, 1.807) is 11.8 Å². The van der Waals surface area contributed by atoms with Crippen molar-refractivity contribution in [1.29, 1.82) is 0 Å². The molecule has 4 rings (SSSR count). The lowest BCUT2D eigenvalue weighted by Gasteiger charge is -2.45. The third-order valence-corrected chi connectivity index (χ3v) is 13.6. The van der Waals surface area contributed by atoms with E-state index < -0.39 is 67.8 Å². The molecule has 0 spiro atoms. The monoisotopic (exact) mass is 693 g/mol. The summed E-state index contributed by atoms with van der Waals surface area (Å²) in [6, 6.07) is -3.39. The zero-order valence-electron chi connectivity index (χ0n) is 29.7. The van der Waals surface area contributed by atoms with Crippen LogP contribution in [0.5, 0.6) is 0 Å².